The van der Waals surface area contributed by atoms with Crippen molar-refractivity contribution in [1.29, 1.82) is 0 Å². The van der Waals surface area contributed by atoms with Gasteiger partial charge in [0, 0.05) is 12.0 Å². The SMILES string of the molecule is Cc1ccc2c(c1)CC(=O)c1cc(C)ccc1O2. The molecule has 2 nitrogen and oxygen atoms in total. The minimum Gasteiger partial charge on any atom is -0.456 e. The topological polar surface area (TPSA) is 26.3 Å². The Labute approximate surface area is 106 Å². The van der Waals surface area contributed by atoms with E-state index in [4.69, 9.17) is 4.74 Å². The summed E-state index contributed by atoms with van der Waals surface area (Å²) in [6, 6.07) is 11.7. The lowest BCUT2D eigenvalue weighted by Gasteiger charge is -2.08. The van der Waals surface area contributed by atoms with Crippen molar-refractivity contribution in [3.63, 3.8) is 0 Å². The molecule has 3 rings (SSSR count). The Balaban J connectivity index is 2.16. The lowest BCUT2D eigenvalue weighted by Crippen LogP contribution is -2.02. The molecule has 0 saturated heterocycles. The van der Waals surface area contributed by atoms with E-state index in [1.807, 2.05) is 50.2 Å². The highest BCUT2D eigenvalue weighted by Crippen LogP contribution is 2.34. The van der Waals surface area contributed by atoms with Gasteiger partial charge in [0.25, 0.3) is 0 Å². The lowest BCUT2D eigenvalue weighted by atomic mass is 10.0. The van der Waals surface area contributed by atoms with E-state index in [0.29, 0.717) is 17.7 Å². The molecule has 0 fully saturated rings. The van der Waals surface area contributed by atoms with Crippen molar-refractivity contribution in [3.05, 3.63) is 58.7 Å². The summed E-state index contributed by atoms with van der Waals surface area (Å²) < 4.78 is 5.86. The second kappa shape index (κ2) is 3.98. The van der Waals surface area contributed by atoms with Gasteiger partial charge in [0.05, 0.1) is 5.56 Å². The lowest BCUT2D eigenvalue weighted by molar-refractivity contribution is 0.0993. The molecule has 0 spiro atoms. The fraction of sp³-hybridized carbons (Fsp3) is 0.188. The molecule has 2 heteroatoms. The highest BCUT2D eigenvalue weighted by atomic mass is 16.5. The first-order valence-electron chi connectivity index (χ1n) is 6.05. The Hall–Kier alpha value is -2.09. The van der Waals surface area contributed by atoms with Crippen LogP contribution >= 0.6 is 0 Å². The van der Waals surface area contributed by atoms with Gasteiger partial charge in [-0.15, -0.1) is 0 Å². The predicted octanol–water partition coefficient (Wildman–Crippen LogP) is 3.83. The Morgan fingerprint density at radius 1 is 0.944 bits per heavy atom. The van der Waals surface area contributed by atoms with Gasteiger partial charge in [-0.1, -0.05) is 29.3 Å². The number of ether oxygens (including phenoxy) is 1. The zero-order valence-corrected chi connectivity index (χ0v) is 10.5. The summed E-state index contributed by atoms with van der Waals surface area (Å²) in [6.07, 6.45) is 0.410. The first-order valence-corrected chi connectivity index (χ1v) is 6.05. The number of ketones is 1. The summed E-state index contributed by atoms with van der Waals surface area (Å²) in [5.74, 6) is 1.57. The molecule has 90 valence electrons. The second-order valence-corrected chi connectivity index (χ2v) is 4.81. The third-order valence-electron chi connectivity index (χ3n) is 3.22. The molecule has 2 aromatic carbocycles. The van der Waals surface area contributed by atoms with E-state index >= 15 is 0 Å². The number of Topliss-reactive ketones (excluding diaryl/α,β-unsaturated/α-hetero) is 1. The Morgan fingerprint density at radius 3 is 2.39 bits per heavy atom. The van der Waals surface area contributed by atoms with Gasteiger partial charge < -0.3 is 4.74 Å². The molecule has 1 aliphatic heterocycles. The fourth-order valence-electron chi connectivity index (χ4n) is 2.28. The number of aryl methyl sites for hydroxylation is 2. The highest BCUT2D eigenvalue weighted by Gasteiger charge is 2.21. The van der Waals surface area contributed by atoms with Crippen molar-refractivity contribution in [2.75, 3.05) is 0 Å². The van der Waals surface area contributed by atoms with Crippen molar-refractivity contribution in [3.8, 4) is 11.5 Å². The molecule has 0 bridgehead atoms. The third kappa shape index (κ3) is 1.80. The predicted molar refractivity (Wildman–Crippen MR) is 70.5 cm³/mol. The molecule has 1 heterocycles. The van der Waals surface area contributed by atoms with Crippen LogP contribution in [0.2, 0.25) is 0 Å². The summed E-state index contributed by atoms with van der Waals surface area (Å²) in [6.45, 7) is 4.00. The van der Waals surface area contributed by atoms with Gasteiger partial charge in [-0.25, -0.2) is 0 Å². The van der Waals surface area contributed by atoms with Crippen molar-refractivity contribution in [2.24, 2.45) is 0 Å². The number of benzene rings is 2. The Morgan fingerprint density at radius 2 is 1.61 bits per heavy atom. The number of fused-ring (bicyclic) bond motifs is 2. The number of carbonyl (C=O) groups is 1. The average Bonchev–Trinajstić information content (AvgIpc) is 2.46. The number of carbonyl (C=O) groups excluding carboxylic acids is 1. The summed E-state index contributed by atoms with van der Waals surface area (Å²) in [5, 5.41) is 0. The van der Waals surface area contributed by atoms with E-state index < -0.39 is 0 Å². The van der Waals surface area contributed by atoms with E-state index in [1.54, 1.807) is 0 Å². The number of rotatable bonds is 0. The molecule has 0 N–H and O–H groups in total. The molecule has 0 atom stereocenters. The molecular formula is C16H14O2. The first kappa shape index (κ1) is 11.0. The molecule has 2 aromatic rings. The minimum absolute atomic E-state index is 0.123. The fourth-order valence-corrected chi connectivity index (χ4v) is 2.28. The van der Waals surface area contributed by atoms with E-state index in [9.17, 15) is 4.79 Å². The number of hydrogen-bond donors (Lipinski definition) is 0. The van der Waals surface area contributed by atoms with Crippen molar-refractivity contribution in [2.45, 2.75) is 20.3 Å². The third-order valence-corrected chi connectivity index (χ3v) is 3.22. The van der Waals surface area contributed by atoms with Crippen LogP contribution in [0, 0.1) is 13.8 Å². The van der Waals surface area contributed by atoms with Gasteiger partial charge in [0.2, 0.25) is 0 Å². The zero-order valence-electron chi connectivity index (χ0n) is 10.5. The van der Waals surface area contributed by atoms with Crippen LogP contribution in [0.3, 0.4) is 0 Å². The van der Waals surface area contributed by atoms with Gasteiger partial charge in [-0.05, 0) is 32.0 Å². The molecule has 0 amide bonds. The van der Waals surface area contributed by atoms with Gasteiger partial charge in [-0.2, -0.15) is 0 Å². The maximum atomic E-state index is 12.3. The summed E-state index contributed by atoms with van der Waals surface area (Å²) >= 11 is 0. The van der Waals surface area contributed by atoms with E-state index in [2.05, 4.69) is 0 Å². The molecule has 0 saturated carbocycles. The van der Waals surface area contributed by atoms with Crippen molar-refractivity contribution >= 4 is 5.78 Å². The maximum Gasteiger partial charge on any atom is 0.171 e. The van der Waals surface area contributed by atoms with E-state index in [0.717, 1.165) is 22.4 Å². The molecule has 0 unspecified atom stereocenters. The molecule has 0 aliphatic carbocycles. The van der Waals surface area contributed by atoms with E-state index in [1.165, 1.54) is 0 Å². The summed E-state index contributed by atoms with van der Waals surface area (Å²) in [7, 11) is 0. The normalized spacial score (nSPS) is 13.3. The van der Waals surface area contributed by atoms with Crippen LogP contribution in [0.5, 0.6) is 11.5 Å². The minimum atomic E-state index is 0.123. The Kier molecular flexibility index (Phi) is 2.44. The van der Waals surface area contributed by atoms with Crippen LogP contribution in [0.15, 0.2) is 36.4 Å². The van der Waals surface area contributed by atoms with Crippen LogP contribution in [0.1, 0.15) is 27.0 Å². The van der Waals surface area contributed by atoms with Gasteiger partial charge >= 0.3 is 0 Å². The van der Waals surface area contributed by atoms with Crippen LogP contribution in [0.4, 0.5) is 0 Å². The highest BCUT2D eigenvalue weighted by molar-refractivity contribution is 6.01. The first-order chi connectivity index (χ1) is 8.63. The van der Waals surface area contributed by atoms with Gasteiger partial charge in [-0.3, -0.25) is 4.79 Å². The van der Waals surface area contributed by atoms with Crippen molar-refractivity contribution in [1.82, 2.24) is 0 Å². The van der Waals surface area contributed by atoms with Gasteiger partial charge in [0.1, 0.15) is 11.5 Å². The van der Waals surface area contributed by atoms with Crippen LogP contribution in [0.25, 0.3) is 0 Å². The van der Waals surface area contributed by atoms with Crippen LogP contribution in [-0.2, 0) is 6.42 Å². The molecule has 18 heavy (non-hydrogen) atoms. The quantitative estimate of drug-likeness (QED) is 0.697. The standard InChI is InChI=1S/C16H14O2/c1-10-3-5-15-12(7-10)9-14(17)13-8-11(2)4-6-16(13)18-15/h3-8H,9H2,1-2H3. The molecule has 1 aliphatic rings. The van der Waals surface area contributed by atoms with E-state index in [-0.39, 0.29) is 5.78 Å². The molecular weight excluding hydrogens is 224 g/mol. The monoisotopic (exact) mass is 238 g/mol. The average molecular weight is 238 g/mol. The summed E-state index contributed by atoms with van der Waals surface area (Å²) in [5.41, 5.74) is 3.87. The Bertz CT molecular complexity index is 642. The molecule has 0 aromatic heterocycles. The van der Waals surface area contributed by atoms with Gasteiger partial charge in [0.15, 0.2) is 5.78 Å². The summed E-state index contributed by atoms with van der Waals surface area (Å²) in [4.78, 5) is 12.3. The second-order valence-electron chi connectivity index (χ2n) is 4.81. The van der Waals surface area contributed by atoms with Crippen molar-refractivity contribution < 1.29 is 9.53 Å². The smallest absolute Gasteiger partial charge is 0.171 e. The van der Waals surface area contributed by atoms with Crippen LogP contribution < -0.4 is 4.74 Å². The zero-order chi connectivity index (χ0) is 12.7. The maximum absolute atomic E-state index is 12.3. The molecule has 0 radical (unpaired) electrons. The van der Waals surface area contributed by atoms with Crippen LogP contribution in [-0.4, -0.2) is 5.78 Å². The largest absolute Gasteiger partial charge is 0.456 e. The number of hydrogen-bond acceptors (Lipinski definition) is 2.